The van der Waals surface area contributed by atoms with Crippen molar-refractivity contribution in [3.05, 3.63) is 59.1 Å². The Morgan fingerprint density at radius 2 is 1.69 bits per heavy atom. The number of aryl methyl sites for hydroxylation is 1. The number of carbonyl (C=O) groups excluding carboxylic acids is 2. The maximum atomic E-state index is 12.4. The van der Waals surface area contributed by atoms with Crippen LogP contribution in [0, 0.1) is 6.92 Å². The standard InChI is InChI=1S/C20H24ClN3O2/c1-3-11-24(13-19(25)22-17-9-6-8-16(21)12-17)14-20(26)23-18-10-5-4-7-15(18)2/h4-10,12H,3,11,13-14H2,1-2H3,(H,22,25)(H,23,26)/p+1. The highest BCUT2D eigenvalue weighted by Crippen LogP contribution is 2.14. The van der Waals surface area contributed by atoms with Crippen LogP contribution in [-0.4, -0.2) is 31.4 Å². The highest BCUT2D eigenvalue weighted by atomic mass is 35.5. The third-order valence-electron chi connectivity index (χ3n) is 3.95. The first-order valence-corrected chi connectivity index (χ1v) is 9.10. The van der Waals surface area contributed by atoms with Gasteiger partial charge in [0.1, 0.15) is 0 Å². The third kappa shape index (κ3) is 6.50. The van der Waals surface area contributed by atoms with E-state index in [1.807, 2.05) is 38.1 Å². The van der Waals surface area contributed by atoms with Gasteiger partial charge in [-0.2, -0.15) is 0 Å². The summed E-state index contributed by atoms with van der Waals surface area (Å²) in [6.07, 6.45) is 0.886. The molecule has 2 rings (SSSR count). The molecule has 0 bridgehead atoms. The second kappa shape index (κ2) is 9.94. The Morgan fingerprint density at radius 1 is 1.00 bits per heavy atom. The van der Waals surface area contributed by atoms with Gasteiger partial charge in [0.15, 0.2) is 13.1 Å². The molecule has 0 aromatic heterocycles. The van der Waals surface area contributed by atoms with Gasteiger partial charge in [0.25, 0.3) is 11.8 Å². The van der Waals surface area contributed by atoms with Crippen LogP contribution < -0.4 is 15.5 Å². The fourth-order valence-corrected chi connectivity index (χ4v) is 2.92. The zero-order valence-corrected chi connectivity index (χ0v) is 15.9. The predicted molar refractivity (Wildman–Crippen MR) is 106 cm³/mol. The lowest BCUT2D eigenvalue weighted by atomic mass is 10.2. The molecule has 0 radical (unpaired) electrons. The summed E-state index contributed by atoms with van der Waals surface area (Å²) in [6.45, 7) is 5.19. The van der Waals surface area contributed by atoms with Crippen LogP contribution in [0.3, 0.4) is 0 Å². The molecule has 5 nitrogen and oxygen atoms in total. The summed E-state index contributed by atoms with van der Waals surface area (Å²) < 4.78 is 0. The average Bonchev–Trinajstić information content (AvgIpc) is 2.57. The van der Waals surface area contributed by atoms with E-state index < -0.39 is 0 Å². The molecular formula is C20H25ClN3O2+. The normalized spacial score (nSPS) is 11.7. The predicted octanol–water partition coefficient (Wildman–Crippen LogP) is 2.52. The zero-order valence-electron chi connectivity index (χ0n) is 15.1. The quantitative estimate of drug-likeness (QED) is 0.664. The minimum Gasteiger partial charge on any atom is -0.321 e. The van der Waals surface area contributed by atoms with Gasteiger partial charge >= 0.3 is 0 Å². The minimum absolute atomic E-state index is 0.0988. The van der Waals surface area contributed by atoms with Crippen LogP contribution >= 0.6 is 11.6 Å². The number of anilines is 2. The van der Waals surface area contributed by atoms with Gasteiger partial charge in [-0.3, -0.25) is 9.59 Å². The molecule has 2 amide bonds. The number of amides is 2. The molecule has 0 heterocycles. The molecule has 0 saturated carbocycles. The molecule has 0 spiro atoms. The fraction of sp³-hybridized carbons (Fsp3) is 0.300. The monoisotopic (exact) mass is 374 g/mol. The summed E-state index contributed by atoms with van der Waals surface area (Å²) in [5, 5.41) is 6.32. The van der Waals surface area contributed by atoms with Crippen LogP contribution in [0.1, 0.15) is 18.9 Å². The van der Waals surface area contributed by atoms with E-state index in [1.165, 1.54) is 0 Å². The molecule has 0 saturated heterocycles. The Kier molecular flexibility index (Phi) is 7.63. The lowest BCUT2D eigenvalue weighted by molar-refractivity contribution is -0.883. The number of para-hydroxylation sites is 1. The average molecular weight is 375 g/mol. The Morgan fingerprint density at radius 3 is 2.35 bits per heavy atom. The summed E-state index contributed by atoms with van der Waals surface area (Å²) in [5.41, 5.74) is 2.47. The first-order chi connectivity index (χ1) is 12.5. The second-order valence-electron chi connectivity index (χ2n) is 6.28. The minimum atomic E-state index is -0.139. The van der Waals surface area contributed by atoms with E-state index in [4.69, 9.17) is 11.6 Å². The van der Waals surface area contributed by atoms with Gasteiger partial charge in [-0.25, -0.2) is 0 Å². The largest absolute Gasteiger partial charge is 0.321 e. The number of quaternary nitrogens is 1. The molecule has 1 atom stereocenters. The van der Waals surface area contributed by atoms with Gasteiger partial charge in [0, 0.05) is 16.4 Å². The molecule has 0 aliphatic rings. The van der Waals surface area contributed by atoms with E-state index in [1.54, 1.807) is 24.3 Å². The summed E-state index contributed by atoms with van der Waals surface area (Å²) >= 11 is 5.93. The molecular weight excluding hydrogens is 350 g/mol. The fourth-order valence-electron chi connectivity index (χ4n) is 2.73. The van der Waals surface area contributed by atoms with Crippen LogP contribution in [0.2, 0.25) is 5.02 Å². The molecule has 2 aromatic carbocycles. The summed E-state index contributed by atoms with van der Waals surface area (Å²) in [6, 6.07) is 14.7. The summed E-state index contributed by atoms with van der Waals surface area (Å²) in [4.78, 5) is 25.6. The van der Waals surface area contributed by atoms with Gasteiger partial charge < -0.3 is 15.5 Å². The molecule has 2 aromatic rings. The maximum Gasteiger partial charge on any atom is 0.279 e. The number of hydrogen-bond acceptors (Lipinski definition) is 2. The lowest BCUT2D eigenvalue weighted by Gasteiger charge is -2.18. The third-order valence-corrected chi connectivity index (χ3v) is 4.19. The Labute approximate surface area is 159 Å². The van der Waals surface area contributed by atoms with E-state index in [0.29, 0.717) is 10.7 Å². The first kappa shape index (κ1) is 19.9. The maximum absolute atomic E-state index is 12.4. The Balaban J connectivity index is 1.92. The van der Waals surface area contributed by atoms with Gasteiger partial charge in [0.2, 0.25) is 0 Å². The van der Waals surface area contributed by atoms with Crippen LogP contribution in [0.4, 0.5) is 11.4 Å². The highest BCUT2D eigenvalue weighted by Gasteiger charge is 2.18. The number of halogens is 1. The topological polar surface area (TPSA) is 62.6 Å². The Bertz CT molecular complexity index is 764. The molecule has 6 heteroatoms. The van der Waals surface area contributed by atoms with Crippen molar-refractivity contribution in [1.29, 1.82) is 0 Å². The molecule has 0 aliphatic carbocycles. The van der Waals surface area contributed by atoms with Crippen LogP contribution in [0.5, 0.6) is 0 Å². The molecule has 26 heavy (non-hydrogen) atoms. The van der Waals surface area contributed by atoms with Crippen molar-refractivity contribution in [2.24, 2.45) is 0 Å². The number of hydrogen-bond donors (Lipinski definition) is 3. The SMILES string of the molecule is CCC[NH+](CC(=O)Nc1cccc(Cl)c1)CC(=O)Nc1ccccc1C. The molecule has 138 valence electrons. The second-order valence-corrected chi connectivity index (χ2v) is 6.71. The smallest absolute Gasteiger partial charge is 0.279 e. The molecule has 1 unspecified atom stereocenters. The number of rotatable bonds is 8. The Hall–Kier alpha value is -2.37. The highest BCUT2D eigenvalue weighted by molar-refractivity contribution is 6.30. The van der Waals surface area contributed by atoms with Crippen LogP contribution in [0.25, 0.3) is 0 Å². The van der Waals surface area contributed by atoms with Crippen LogP contribution in [0.15, 0.2) is 48.5 Å². The van der Waals surface area contributed by atoms with Crippen molar-refractivity contribution in [2.75, 3.05) is 30.3 Å². The van der Waals surface area contributed by atoms with Crippen molar-refractivity contribution in [3.8, 4) is 0 Å². The van der Waals surface area contributed by atoms with Gasteiger partial charge in [-0.05, 0) is 43.2 Å². The van der Waals surface area contributed by atoms with E-state index in [0.717, 1.165) is 29.1 Å². The number of carbonyl (C=O) groups is 2. The molecule has 0 fully saturated rings. The van der Waals surface area contributed by atoms with Gasteiger partial charge in [-0.15, -0.1) is 0 Å². The van der Waals surface area contributed by atoms with E-state index in [9.17, 15) is 9.59 Å². The summed E-state index contributed by atoms with van der Waals surface area (Å²) in [7, 11) is 0. The van der Waals surface area contributed by atoms with Gasteiger partial charge in [0.05, 0.1) is 6.54 Å². The summed E-state index contributed by atoms with van der Waals surface area (Å²) in [5.74, 6) is -0.238. The molecule has 3 N–H and O–H groups in total. The molecule has 0 aliphatic heterocycles. The van der Waals surface area contributed by atoms with Crippen molar-refractivity contribution in [3.63, 3.8) is 0 Å². The lowest BCUT2D eigenvalue weighted by Crippen LogP contribution is -3.14. The van der Waals surface area contributed by atoms with Gasteiger partial charge in [-0.1, -0.05) is 42.8 Å². The van der Waals surface area contributed by atoms with E-state index in [2.05, 4.69) is 10.6 Å². The zero-order chi connectivity index (χ0) is 18.9. The van der Waals surface area contributed by atoms with Crippen LogP contribution in [-0.2, 0) is 9.59 Å². The van der Waals surface area contributed by atoms with Crippen molar-refractivity contribution in [2.45, 2.75) is 20.3 Å². The van der Waals surface area contributed by atoms with Crippen molar-refractivity contribution < 1.29 is 14.5 Å². The van der Waals surface area contributed by atoms with Crippen molar-refractivity contribution in [1.82, 2.24) is 0 Å². The van der Waals surface area contributed by atoms with Crippen molar-refractivity contribution >= 4 is 34.8 Å². The number of nitrogens with one attached hydrogen (secondary N) is 3. The first-order valence-electron chi connectivity index (χ1n) is 8.72. The van der Waals surface area contributed by atoms with E-state index in [-0.39, 0.29) is 24.9 Å². The number of benzene rings is 2. The van der Waals surface area contributed by atoms with E-state index >= 15 is 0 Å².